The fourth-order valence-electron chi connectivity index (χ4n) is 1.56. The van der Waals surface area contributed by atoms with Crippen molar-refractivity contribution in [2.45, 2.75) is 40.0 Å². The molecule has 0 unspecified atom stereocenters. The van der Waals surface area contributed by atoms with Crippen LogP contribution in [0.4, 0.5) is 0 Å². The second-order valence-corrected chi connectivity index (χ2v) is 4.46. The Hall–Kier alpha value is -1.04. The molecule has 0 aliphatic rings. The monoisotopic (exact) mass is 188 g/mol. The topological polar surface area (TPSA) is 0 Å². The van der Waals surface area contributed by atoms with E-state index in [1.807, 2.05) is 0 Å². The van der Waals surface area contributed by atoms with E-state index in [2.05, 4.69) is 65.0 Å². The molecule has 0 radical (unpaired) electrons. The molecule has 14 heavy (non-hydrogen) atoms. The molecule has 0 saturated heterocycles. The van der Waals surface area contributed by atoms with Gasteiger partial charge < -0.3 is 0 Å². The molecule has 0 fully saturated rings. The van der Waals surface area contributed by atoms with Crippen LogP contribution in [0.15, 0.2) is 35.9 Å². The first-order valence-corrected chi connectivity index (χ1v) is 5.19. The lowest BCUT2D eigenvalue weighted by Crippen LogP contribution is -2.18. The van der Waals surface area contributed by atoms with Crippen LogP contribution in [0.1, 0.15) is 38.8 Å². The van der Waals surface area contributed by atoms with Crippen LogP contribution in [-0.2, 0) is 5.41 Å². The Balaban J connectivity index is 3.10. The zero-order chi connectivity index (χ0) is 10.8. The van der Waals surface area contributed by atoms with Gasteiger partial charge in [-0.05, 0) is 26.3 Å². The van der Waals surface area contributed by atoms with Crippen LogP contribution in [0.5, 0.6) is 0 Å². The van der Waals surface area contributed by atoms with E-state index in [0.717, 1.165) is 0 Å². The van der Waals surface area contributed by atoms with Crippen molar-refractivity contribution in [2.75, 3.05) is 0 Å². The van der Waals surface area contributed by atoms with Gasteiger partial charge >= 0.3 is 0 Å². The molecular weight excluding hydrogens is 168 g/mol. The van der Waals surface area contributed by atoms with Crippen LogP contribution in [0.2, 0.25) is 0 Å². The Morgan fingerprint density at radius 3 is 2.07 bits per heavy atom. The maximum absolute atomic E-state index is 2.27. The number of hydrogen-bond acceptors (Lipinski definition) is 0. The van der Waals surface area contributed by atoms with Gasteiger partial charge in [-0.1, -0.05) is 55.3 Å². The van der Waals surface area contributed by atoms with Crippen molar-refractivity contribution in [3.8, 4) is 0 Å². The third-order valence-electron chi connectivity index (χ3n) is 3.19. The van der Waals surface area contributed by atoms with Gasteiger partial charge in [0.2, 0.25) is 0 Å². The number of allylic oxidation sites excluding steroid dienone is 2. The summed E-state index contributed by atoms with van der Waals surface area (Å²) in [5.41, 5.74) is 4.28. The van der Waals surface area contributed by atoms with Crippen LogP contribution < -0.4 is 0 Å². The minimum absolute atomic E-state index is 0.155. The summed E-state index contributed by atoms with van der Waals surface area (Å²) in [7, 11) is 0. The molecule has 1 rings (SSSR count). The highest BCUT2D eigenvalue weighted by Gasteiger charge is 2.21. The van der Waals surface area contributed by atoms with E-state index in [1.54, 1.807) is 0 Å². The van der Waals surface area contributed by atoms with E-state index in [4.69, 9.17) is 0 Å². The highest BCUT2D eigenvalue weighted by molar-refractivity contribution is 5.34. The number of rotatable bonds is 2. The van der Waals surface area contributed by atoms with Gasteiger partial charge in [0.1, 0.15) is 0 Å². The standard InChI is InChI=1S/C14H20/c1-6-12(3)14(4,5)13-9-7-11(2)8-10-13/h6-10H,1-5H3/b12-6+. The lowest BCUT2D eigenvalue weighted by Gasteiger charge is -2.26. The smallest absolute Gasteiger partial charge is 0.0102 e. The zero-order valence-corrected chi connectivity index (χ0v) is 9.89. The Morgan fingerprint density at radius 1 is 1.14 bits per heavy atom. The largest absolute Gasteiger partial charge is 0.0879 e. The van der Waals surface area contributed by atoms with Gasteiger partial charge in [-0.25, -0.2) is 0 Å². The first-order chi connectivity index (χ1) is 6.48. The van der Waals surface area contributed by atoms with Crippen molar-refractivity contribution in [1.82, 2.24) is 0 Å². The number of benzene rings is 1. The third kappa shape index (κ3) is 2.06. The minimum Gasteiger partial charge on any atom is -0.0879 e. The van der Waals surface area contributed by atoms with Crippen LogP contribution in [0.3, 0.4) is 0 Å². The Morgan fingerprint density at radius 2 is 1.64 bits per heavy atom. The number of hydrogen-bond donors (Lipinski definition) is 0. The summed E-state index contributed by atoms with van der Waals surface area (Å²) in [5, 5.41) is 0. The number of aryl methyl sites for hydroxylation is 1. The maximum Gasteiger partial charge on any atom is 0.0102 e. The molecule has 0 bridgehead atoms. The van der Waals surface area contributed by atoms with Crippen molar-refractivity contribution >= 4 is 0 Å². The normalized spacial score (nSPS) is 13.1. The lowest BCUT2D eigenvalue weighted by molar-refractivity contribution is 0.622. The molecule has 0 aliphatic carbocycles. The molecule has 0 spiro atoms. The molecule has 0 N–H and O–H groups in total. The van der Waals surface area contributed by atoms with E-state index in [9.17, 15) is 0 Å². The van der Waals surface area contributed by atoms with Crippen molar-refractivity contribution in [2.24, 2.45) is 0 Å². The van der Waals surface area contributed by atoms with E-state index >= 15 is 0 Å². The molecule has 76 valence electrons. The molecule has 0 aromatic heterocycles. The van der Waals surface area contributed by atoms with Crippen LogP contribution in [0.25, 0.3) is 0 Å². The summed E-state index contributed by atoms with van der Waals surface area (Å²) in [6.07, 6.45) is 2.19. The molecule has 0 heterocycles. The van der Waals surface area contributed by atoms with Crippen LogP contribution in [-0.4, -0.2) is 0 Å². The molecule has 0 heteroatoms. The van der Waals surface area contributed by atoms with Gasteiger partial charge in [-0.3, -0.25) is 0 Å². The van der Waals surface area contributed by atoms with Gasteiger partial charge in [-0.15, -0.1) is 0 Å². The predicted octanol–water partition coefficient (Wildman–Crippen LogP) is 4.24. The summed E-state index contributed by atoms with van der Waals surface area (Å²) in [6, 6.07) is 8.81. The SMILES string of the molecule is C/C=C(\C)C(C)(C)c1ccc(C)cc1. The lowest BCUT2D eigenvalue weighted by atomic mass is 9.78. The van der Waals surface area contributed by atoms with Crippen molar-refractivity contribution < 1.29 is 0 Å². The quantitative estimate of drug-likeness (QED) is 0.609. The summed E-state index contributed by atoms with van der Waals surface area (Å²) in [6.45, 7) is 11.0. The fraction of sp³-hybridized carbons (Fsp3) is 0.429. The Bertz CT molecular complexity index is 326. The van der Waals surface area contributed by atoms with Crippen molar-refractivity contribution in [3.63, 3.8) is 0 Å². The highest BCUT2D eigenvalue weighted by Crippen LogP contribution is 2.30. The average Bonchev–Trinajstić information content (AvgIpc) is 2.17. The highest BCUT2D eigenvalue weighted by atomic mass is 14.3. The van der Waals surface area contributed by atoms with E-state index in [0.29, 0.717) is 0 Å². The summed E-state index contributed by atoms with van der Waals surface area (Å²) < 4.78 is 0. The van der Waals surface area contributed by atoms with Gasteiger partial charge in [0.05, 0.1) is 0 Å². The third-order valence-corrected chi connectivity index (χ3v) is 3.19. The van der Waals surface area contributed by atoms with Gasteiger partial charge in [0.15, 0.2) is 0 Å². The Kier molecular flexibility index (Phi) is 3.15. The van der Waals surface area contributed by atoms with E-state index in [-0.39, 0.29) is 5.41 Å². The Labute approximate surface area is 87.7 Å². The molecular formula is C14H20. The van der Waals surface area contributed by atoms with Gasteiger partial charge in [0.25, 0.3) is 0 Å². The molecule has 0 atom stereocenters. The predicted molar refractivity (Wildman–Crippen MR) is 63.6 cm³/mol. The molecule has 1 aromatic carbocycles. The molecule has 0 nitrogen and oxygen atoms in total. The van der Waals surface area contributed by atoms with Crippen LogP contribution in [0, 0.1) is 6.92 Å². The molecule has 0 amide bonds. The fourth-order valence-corrected chi connectivity index (χ4v) is 1.56. The molecule has 1 aromatic rings. The van der Waals surface area contributed by atoms with E-state index < -0.39 is 0 Å². The van der Waals surface area contributed by atoms with Crippen molar-refractivity contribution in [3.05, 3.63) is 47.0 Å². The van der Waals surface area contributed by atoms with Gasteiger partial charge in [-0.2, -0.15) is 0 Å². The first kappa shape index (κ1) is 11.0. The second kappa shape index (κ2) is 4.00. The summed E-state index contributed by atoms with van der Waals surface area (Å²) in [5.74, 6) is 0. The minimum atomic E-state index is 0.155. The van der Waals surface area contributed by atoms with Crippen molar-refractivity contribution in [1.29, 1.82) is 0 Å². The van der Waals surface area contributed by atoms with Crippen LogP contribution >= 0.6 is 0 Å². The van der Waals surface area contributed by atoms with E-state index in [1.165, 1.54) is 16.7 Å². The maximum atomic E-state index is 2.27. The second-order valence-electron chi connectivity index (χ2n) is 4.46. The average molecular weight is 188 g/mol. The molecule has 0 aliphatic heterocycles. The first-order valence-electron chi connectivity index (χ1n) is 5.19. The summed E-state index contributed by atoms with van der Waals surface area (Å²) in [4.78, 5) is 0. The molecule has 0 saturated carbocycles. The zero-order valence-electron chi connectivity index (χ0n) is 9.89. The van der Waals surface area contributed by atoms with Gasteiger partial charge in [0, 0.05) is 5.41 Å². The summed E-state index contributed by atoms with van der Waals surface area (Å²) >= 11 is 0.